The van der Waals surface area contributed by atoms with E-state index in [1.807, 2.05) is 24.3 Å². The van der Waals surface area contributed by atoms with Crippen LogP contribution in [0.15, 0.2) is 30.3 Å². The second-order valence-corrected chi connectivity index (χ2v) is 10.5. The molecule has 35 heavy (non-hydrogen) atoms. The first-order chi connectivity index (χ1) is 16.5. The number of nitrogens with two attached hydrogens (primary N) is 1. The Kier molecular flexibility index (Phi) is 7.19. The van der Waals surface area contributed by atoms with Crippen molar-refractivity contribution in [2.45, 2.75) is 76.3 Å². The molecule has 2 fully saturated rings. The van der Waals surface area contributed by atoms with E-state index >= 15 is 0 Å². The molecular formula is C26H36N4O5. The lowest BCUT2D eigenvalue weighted by Crippen LogP contribution is -2.58. The molecule has 2 saturated heterocycles. The zero-order valence-corrected chi connectivity index (χ0v) is 21.0. The molecule has 3 amide bonds. The number of hydrogen-bond donors (Lipinski definition) is 2. The van der Waals surface area contributed by atoms with Gasteiger partial charge in [0.15, 0.2) is 0 Å². The van der Waals surface area contributed by atoms with Gasteiger partial charge in [-0.05, 0) is 56.7 Å². The van der Waals surface area contributed by atoms with Crippen molar-refractivity contribution in [3.05, 3.63) is 41.5 Å². The van der Waals surface area contributed by atoms with Crippen molar-refractivity contribution in [2.75, 3.05) is 20.3 Å². The number of piperidine rings is 1. The van der Waals surface area contributed by atoms with Crippen molar-refractivity contribution in [1.82, 2.24) is 15.1 Å². The fraction of sp³-hybridized carbons (Fsp3) is 0.577. The molecule has 0 unspecified atom stereocenters. The second-order valence-electron chi connectivity index (χ2n) is 10.5. The van der Waals surface area contributed by atoms with Crippen LogP contribution < -0.4 is 11.1 Å². The molecule has 3 aliphatic heterocycles. The van der Waals surface area contributed by atoms with E-state index in [-0.39, 0.29) is 18.1 Å². The first-order valence-electron chi connectivity index (χ1n) is 12.2. The fourth-order valence-corrected chi connectivity index (χ4v) is 5.11. The van der Waals surface area contributed by atoms with Gasteiger partial charge in [-0.15, -0.1) is 0 Å². The number of rotatable bonds is 6. The van der Waals surface area contributed by atoms with E-state index in [0.29, 0.717) is 19.6 Å². The maximum absolute atomic E-state index is 13.6. The van der Waals surface area contributed by atoms with Gasteiger partial charge in [-0.25, -0.2) is 4.79 Å². The van der Waals surface area contributed by atoms with E-state index in [4.69, 9.17) is 15.2 Å². The quantitative estimate of drug-likeness (QED) is 0.639. The molecule has 4 rings (SSSR count). The SMILES string of the molecule is CN(C(=O)[C@@H]1[C@H]2CC[C@H](N2)N1C(=O)OC(C)(C)C)[C@@H](Cc1ccc(C2=CCOCC2)cc1)C(N)=O. The summed E-state index contributed by atoms with van der Waals surface area (Å²) in [5.41, 5.74) is 8.34. The average Bonchev–Trinajstić information content (AvgIpc) is 3.43. The van der Waals surface area contributed by atoms with Gasteiger partial charge in [-0.2, -0.15) is 0 Å². The molecule has 3 heterocycles. The van der Waals surface area contributed by atoms with Crippen molar-refractivity contribution in [1.29, 1.82) is 0 Å². The Labute approximate surface area is 206 Å². The molecule has 9 nitrogen and oxygen atoms in total. The Balaban J connectivity index is 1.49. The number of hydrogen-bond acceptors (Lipinski definition) is 6. The molecule has 190 valence electrons. The van der Waals surface area contributed by atoms with E-state index in [1.165, 1.54) is 15.4 Å². The number of nitrogens with zero attached hydrogens (tertiary/aromatic N) is 2. The number of amides is 3. The van der Waals surface area contributed by atoms with Crippen LogP contribution in [0.3, 0.4) is 0 Å². The normalized spacial score (nSPS) is 24.6. The number of likely N-dealkylation sites (N-methyl/N-ethyl adjacent to an activating group) is 1. The number of primary amides is 1. The van der Waals surface area contributed by atoms with Crippen molar-refractivity contribution < 1.29 is 23.9 Å². The minimum absolute atomic E-state index is 0.178. The molecule has 0 radical (unpaired) electrons. The maximum Gasteiger partial charge on any atom is 0.412 e. The maximum atomic E-state index is 13.6. The molecule has 4 atom stereocenters. The van der Waals surface area contributed by atoms with E-state index in [0.717, 1.165) is 30.4 Å². The molecule has 0 spiro atoms. The minimum atomic E-state index is -0.838. The number of carbonyl (C=O) groups excluding carboxylic acids is 3. The van der Waals surface area contributed by atoms with Gasteiger partial charge in [-0.1, -0.05) is 30.3 Å². The Bertz CT molecular complexity index is 1000. The number of nitrogens with one attached hydrogen (secondary N) is 1. The molecular weight excluding hydrogens is 448 g/mol. The third-order valence-corrected chi connectivity index (χ3v) is 6.89. The van der Waals surface area contributed by atoms with Gasteiger partial charge in [0, 0.05) is 19.5 Å². The number of likely N-dealkylation sites (tertiary alicyclic amines) is 1. The standard InChI is InChI=1S/C26H36N4O5/c1-26(2,3)35-25(33)30-21-10-9-19(28-21)22(30)24(32)29(4)20(23(27)31)15-16-5-7-17(8-6-16)18-11-13-34-14-12-18/h5-8,11,19-22,28H,9-10,12-15H2,1-4H3,(H2,27,31)/t19-,20+,21-,22+/m1/s1. The summed E-state index contributed by atoms with van der Waals surface area (Å²) in [4.78, 5) is 41.9. The Morgan fingerprint density at radius 1 is 1.23 bits per heavy atom. The molecule has 3 N–H and O–H groups in total. The molecule has 1 aromatic carbocycles. The van der Waals surface area contributed by atoms with Crippen LogP contribution in [0.5, 0.6) is 0 Å². The van der Waals surface area contributed by atoms with Gasteiger partial charge in [0.1, 0.15) is 17.7 Å². The predicted molar refractivity (Wildman–Crippen MR) is 131 cm³/mol. The van der Waals surface area contributed by atoms with Gasteiger partial charge >= 0.3 is 6.09 Å². The van der Waals surface area contributed by atoms with Crippen LogP contribution >= 0.6 is 0 Å². The zero-order valence-electron chi connectivity index (χ0n) is 21.0. The lowest BCUT2D eigenvalue weighted by molar-refractivity contribution is -0.142. The van der Waals surface area contributed by atoms with Crippen LogP contribution in [-0.2, 0) is 25.5 Å². The van der Waals surface area contributed by atoms with Crippen LogP contribution in [0.1, 0.15) is 51.2 Å². The van der Waals surface area contributed by atoms with Gasteiger partial charge in [0.05, 0.1) is 19.4 Å². The largest absolute Gasteiger partial charge is 0.444 e. The molecule has 9 heteroatoms. The predicted octanol–water partition coefficient (Wildman–Crippen LogP) is 2.04. The first-order valence-corrected chi connectivity index (χ1v) is 12.2. The fourth-order valence-electron chi connectivity index (χ4n) is 5.11. The highest BCUT2D eigenvalue weighted by Crippen LogP contribution is 2.33. The van der Waals surface area contributed by atoms with Crippen molar-refractivity contribution >= 4 is 23.5 Å². The van der Waals surface area contributed by atoms with Crippen molar-refractivity contribution in [3.63, 3.8) is 0 Å². The minimum Gasteiger partial charge on any atom is -0.444 e. The van der Waals surface area contributed by atoms with Gasteiger partial charge in [0.25, 0.3) is 0 Å². The monoisotopic (exact) mass is 484 g/mol. The highest BCUT2D eigenvalue weighted by Gasteiger charge is 2.53. The molecule has 1 aromatic rings. The topological polar surface area (TPSA) is 114 Å². The van der Waals surface area contributed by atoms with E-state index in [9.17, 15) is 14.4 Å². The number of benzene rings is 1. The zero-order chi connectivity index (χ0) is 25.3. The van der Waals surface area contributed by atoms with Crippen LogP contribution in [-0.4, -0.2) is 77.9 Å². The van der Waals surface area contributed by atoms with E-state index in [2.05, 4.69) is 11.4 Å². The molecule has 0 aliphatic carbocycles. The summed E-state index contributed by atoms with van der Waals surface area (Å²) in [5.74, 6) is -0.902. The van der Waals surface area contributed by atoms with Crippen LogP contribution in [0.4, 0.5) is 4.79 Å². The summed E-state index contributed by atoms with van der Waals surface area (Å²) in [7, 11) is 1.58. The summed E-state index contributed by atoms with van der Waals surface area (Å²) < 4.78 is 10.9. The van der Waals surface area contributed by atoms with Crippen molar-refractivity contribution in [2.24, 2.45) is 5.73 Å². The average molecular weight is 485 g/mol. The number of fused-ring (bicyclic) bond motifs is 2. The second kappa shape index (κ2) is 9.99. The third kappa shape index (κ3) is 5.51. The Morgan fingerprint density at radius 3 is 2.54 bits per heavy atom. The van der Waals surface area contributed by atoms with Crippen LogP contribution in [0.2, 0.25) is 0 Å². The number of carbonyl (C=O) groups is 3. The molecule has 0 aromatic heterocycles. The summed E-state index contributed by atoms with van der Waals surface area (Å²) in [6, 6.07) is 6.22. The molecule has 3 aliphatic rings. The van der Waals surface area contributed by atoms with E-state index < -0.39 is 29.7 Å². The smallest absolute Gasteiger partial charge is 0.412 e. The van der Waals surface area contributed by atoms with E-state index in [1.54, 1.807) is 27.8 Å². The number of ether oxygens (including phenoxy) is 2. The highest BCUT2D eigenvalue weighted by molar-refractivity contribution is 5.92. The van der Waals surface area contributed by atoms with Crippen molar-refractivity contribution in [3.8, 4) is 0 Å². The summed E-state index contributed by atoms with van der Waals surface area (Å²) in [6.07, 6.45) is 3.99. The first kappa shape index (κ1) is 25.2. The Hall–Kier alpha value is -2.91. The van der Waals surface area contributed by atoms with Crippen LogP contribution in [0.25, 0.3) is 5.57 Å². The lowest BCUT2D eigenvalue weighted by atomic mass is 9.96. The Morgan fingerprint density at radius 2 is 1.94 bits per heavy atom. The van der Waals surface area contributed by atoms with Gasteiger partial charge in [-0.3, -0.25) is 19.8 Å². The summed E-state index contributed by atoms with van der Waals surface area (Å²) in [5, 5.41) is 3.33. The molecule has 2 bridgehead atoms. The third-order valence-electron chi connectivity index (χ3n) is 6.89. The molecule has 0 saturated carbocycles. The lowest BCUT2D eigenvalue weighted by Gasteiger charge is -2.37. The van der Waals surface area contributed by atoms with Crippen LogP contribution in [0, 0.1) is 0 Å². The summed E-state index contributed by atoms with van der Waals surface area (Å²) >= 11 is 0. The van der Waals surface area contributed by atoms with Gasteiger partial charge in [0.2, 0.25) is 11.8 Å². The summed E-state index contributed by atoms with van der Waals surface area (Å²) in [6.45, 7) is 6.71. The van der Waals surface area contributed by atoms with Gasteiger partial charge < -0.3 is 20.1 Å². The highest BCUT2D eigenvalue weighted by atomic mass is 16.6.